The zero-order valence-corrected chi connectivity index (χ0v) is 8.56. The second kappa shape index (κ2) is 6.10. The summed E-state index contributed by atoms with van der Waals surface area (Å²) in [6.07, 6.45) is 3.12. The largest absolute Gasteiger partial charge is 0.465 e. The number of carbonyl (C=O) groups is 1. The molecule has 1 heterocycles. The summed E-state index contributed by atoms with van der Waals surface area (Å²) >= 11 is 0. The Morgan fingerprint density at radius 3 is 3.07 bits per heavy atom. The van der Waals surface area contributed by atoms with Gasteiger partial charge in [-0.15, -0.1) is 0 Å². The molecule has 0 atom stereocenters. The number of carbonyl (C=O) groups excluding carboxylic acids is 1. The molecule has 0 saturated carbocycles. The number of aliphatic hydroxyl groups is 1. The molecule has 5 heteroatoms. The van der Waals surface area contributed by atoms with Crippen LogP contribution in [-0.4, -0.2) is 36.3 Å². The molecule has 1 aromatic heterocycles. The van der Waals surface area contributed by atoms with E-state index in [4.69, 9.17) is 5.11 Å². The molecule has 0 aliphatic heterocycles. The molecule has 1 rings (SSSR count). The van der Waals surface area contributed by atoms with Gasteiger partial charge in [0.2, 0.25) is 0 Å². The lowest BCUT2D eigenvalue weighted by molar-refractivity contribution is 0.0600. The summed E-state index contributed by atoms with van der Waals surface area (Å²) in [7, 11) is 1.33. The first kappa shape index (κ1) is 11.6. The molecule has 0 fully saturated rings. The molecule has 2 N–H and O–H groups in total. The Kier molecular flexibility index (Phi) is 4.73. The first-order valence-electron chi connectivity index (χ1n) is 4.61. The summed E-state index contributed by atoms with van der Waals surface area (Å²) in [4.78, 5) is 15.1. The lowest BCUT2D eigenvalue weighted by atomic mass is 10.2. The third kappa shape index (κ3) is 3.65. The predicted octanol–water partition coefficient (Wildman–Crippen LogP) is -0.0499. The van der Waals surface area contributed by atoms with Crippen LogP contribution in [0, 0.1) is 0 Å². The summed E-state index contributed by atoms with van der Waals surface area (Å²) in [5.41, 5.74) is 1.31. The van der Waals surface area contributed by atoms with E-state index in [-0.39, 0.29) is 6.61 Å². The summed E-state index contributed by atoms with van der Waals surface area (Å²) in [5, 5.41) is 11.6. The topological polar surface area (TPSA) is 71.5 Å². The minimum absolute atomic E-state index is 0.0874. The number of rotatable bonds is 5. The molecule has 0 bridgehead atoms. The van der Waals surface area contributed by atoms with E-state index < -0.39 is 5.97 Å². The van der Waals surface area contributed by atoms with E-state index >= 15 is 0 Å². The van der Waals surface area contributed by atoms with E-state index in [1.807, 2.05) is 0 Å². The van der Waals surface area contributed by atoms with Crippen molar-refractivity contribution in [1.82, 2.24) is 10.3 Å². The zero-order chi connectivity index (χ0) is 11.1. The SMILES string of the molecule is COC(=O)c1cncc(CNCCO)c1. The van der Waals surface area contributed by atoms with Crippen LogP contribution in [-0.2, 0) is 11.3 Å². The number of hydrogen-bond donors (Lipinski definition) is 2. The van der Waals surface area contributed by atoms with Gasteiger partial charge in [-0.1, -0.05) is 0 Å². The Labute approximate surface area is 88.1 Å². The Hall–Kier alpha value is -1.46. The van der Waals surface area contributed by atoms with E-state index in [2.05, 4.69) is 15.0 Å². The smallest absolute Gasteiger partial charge is 0.339 e. The van der Waals surface area contributed by atoms with Crippen molar-refractivity contribution in [2.45, 2.75) is 6.54 Å². The molecule has 82 valence electrons. The summed E-state index contributed by atoms with van der Waals surface area (Å²) in [6, 6.07) is 1.71. The second-order valence-electron chi connectivity index (χ2n) is 2.97. The lowest BCUT2D eigenvalue weighted by Crippen LogP contribution is -2.17. The average molecular weight is 210 g/mol. The molecule has 15 heavy (non-hydrogen) atoms. The molecule has 0 amide bonds. The molecular formula is C10H14N2O3. The van der Waals surface area contributed by atoms with Crippen LogP contribution < -0.4 is 5.32 Å². The van der Waals surface area contributed by atoms with E-state index in [9.17, 15) is 4.79 Å². The first-order valence-corrected chi connectivity index (χ1v) is 4.61. The van der Waals surface area contributed by atoms with Crippen LogP contribution in [0.4, 0.5) is 0 Å². The van der Waals surface area contributed by atoms with Gasteiger partial charge in [-0.25, -0.2) is 4.79 Å². The highest BCUT2D eigenvalue weighted by Gasteiger charge is 2.05. The van der Waals surface area contributed by atoms with Crippen molar-refractivity contribution in [3.63, 3.8) is 0 Å². The van der Waals surface area contributed by atoms with E-state index in [0.717, 1.165) is 5.56 Å². The van der Waals surface area contributed by atoms with Gasteiger partial charge in [-0.2, -0.15) is 0 Å². The van der Waals surface area contributed by atoms with Gasteiger partial charge >= 0.3 is 5.97 Å². The number of nitrogens with zero attached hydrogens (tertiary/aromatic N) is 1. The summed E-state index contributed by atoms with van der Waals surface area (Å²) < 4.78 is 4.58. The standard InChI is InChI=1S/C10H14N2O3/c1-15-10(14)9-4-8(6-12-7-9)5-11-2-3-13/h4,6-7,11,13H,2-3,5H2,1H3. The maximum absolute atomic E-state index is 11.2. The molecule has 0 aromatic carbocycles. The van der Waals surface area contributed by atoms with Crippen molar-refractivity contribution in [2.75, 3.05) is 20.3 Å². The Balaban J connectivity index is 2.62. The van der Waals surface area contributed by atoms with Crippen LogP contribution in [0.3, 0.4) is 0 Å². The van der Waals surface area contributed by atoms with Crippen molar-refractivity contribution in [2.24, 2.45) is 0 Å². The first-order chi connectivity index (χ1) is 7.27. The fraction of sp³-hybridized carbons (Fsp3) is 0.400. The molecule has 0 aliphatic carbocycles. The van der Waals surface area contributed by atoms with Crippen LogP contribution >= 0.6 is 0 Å². The Bertz CT molecular complexity index is 328. The van der Waals surface area contributed by atoms with Crippen LogP contribution in [0.2, 0.25) is 0 Å². The molecule has 0 spiro atoms. The quantitative estimate of drug-likeness (QED) is 0.526. The number of pyridine rings is 1. The minimum atomic E-state index is -0.397. The van der Waals surface area contributed by atoms with Gasteiger partial charge in [0.05, 0.1) is 19.3 Å². The van der Waals surface area contributed by atoms with Gasteiger partial charge in [-0.3, -0.25) is 4.98 Å². The third-order valence-electron chi connectivity index (χ3n) is 1.83. The molecule has 0 aliphatic rings. The number of aliphatic hydroxyl groups excluding tert-OH is 1. The van der Waals surface area contributed by atoms with Gasteiger partial charge in [0.15, 0.2) is 0 Å². The molecular weight excluding hydrogens is 196 g/mol. The van der Waals surface area contributed by atoms with Crippen LogP contribution in [0.15, 0.2) is 18.5 Å². The average Bonchev–Trinajstić information content (AvgIpc) is 2.29. The van der Waals surface area contributed by atoms with Crippen molar-refractivity contribution in [3.05, 3.63) is 29.6 Å². The molecule has 0 unspecified atom stereocenters. The number of hydrogen-bond acceptors (Lipinski definition) is 5. The number of aromatic nitrogens is 1. The summed E-state index contributed by atoms with van der Waals surface area (Å²) in [5.74, 6) is -0.397. The van der Waals surface area contributed by atoms with Crippen molar-refractivity contribution < 1.29 is 14.6 Å². The van der Waals surface area contributed by atoms with Crippen molar-refractivity contribution >= 4 is 5.97 Å². The molecule has 0 saturated heterocycles. The molecule has 0 radical (unpaired) electrons. The molecule has 1 aromatic rings. The monoisotopic (exact) mass is 210 g/mol. The Morgan fingerprint density at radius 1 is 1.60 bits per heavy atom. The summed E-state index contributed by atoms with van der Waals surface area (Å²) in [6.45, 7) is 1.17. The highest BCUT2D eigenvalue weighted by molar-refractivity contribution is 5.89. The van der Waals surface area contributed by atoms with Crippen molar-refractivity contribution in [3.8, 4) is 0 Å². The van der Waals surface area contributed by atoms with E-state index in [1.165, 1.54) is 13.3 Å². The van der Waals surface area contributed by atoms with Gasteiger partial charge in [0, 0.05) is 25.5 Å². The lowest BCUT2D eigenvalue weighted by Gasteiger charge is -2.04. The second-order valence-corrected chi connectivity index (χ2v) is 2.97. The number of ether oxygens (including phenoxy) is 1. The van der Waals surface area contributed by atoms with Gasteiger partial charge in [-0.05, 0) is 11.6 Å². The molecule has 5 nitrogen and oxygen atoms in total. The normalized spacial score (nSPS) is 10.0. The van der Waals surface area contributed by atoms with Crippen LogP contribution in [0.1, 0.15) is 15.9 Å². The van der Waals surface area contributed by atoms with Crippen LogP contribution in [0.25, 0.3) is 0 Å². The van der Waals surface area contributed by atoms with E-state index in [0.29, 0.717) is 18.7 Å². The number of nitrogens with one attached hydrogen (secondary N) is 1. The highest BCUT2D eigenvalue weighted by atomic mass is 16.5. The Morgan fingerprint density at radius 2 is 2.40 bits per heavy atom. The number of methoxy groups -OCH3 is 1. The maximum atomic E-state index is 11.2. The minimum Gasteiger partial charge on any atom is -0.465 e. The van der Waals surface area contributed by atoms with Gasteiger partial charge in [0.1, 0.15) is 0 Å². The highest BCUT2D eigenvalue weighted by Crippen LogP contribution is 2.03. The van der Waals surface area contributed by atoms with E-state index in [1.54, 1.807) is 12.3 Å². The third-order valence-corrected chi connectivity index (χ3v) is 1.83. The fourth-order valence-electron chi connectivity index (χ4n) is 1.13. The van der Waals surface area contributed by atoms with Crippen molar-refractivity contribution in [1.29, 1.82) is 0 Å². The van der Waals surface area contributed by atoms with Gasteiger partial charge in [0.25, 0.3) is 0 Å². The number of esters is 1. The predicted molar refractivity (Wildman–Crippen MR) is 54.4 cm³/mol. The van der Waals surface area contributed by atoms with Crippen LogP contribution in [0.5, 0.6) is 0 Å². The zero-order valence-electron chi connectivity index (χ0n) is 8.56. The fourth-order valence-corrected chi connectivity index (χ4v) is 1.13. The van der Waals surface area contributed by atoms with Gasteiger partial charge < -0.3 is 15.2 Å². The maximum Gasteiger partial charge on any atom is 0.339 e.